The lowest BCUT2D eigenvalue weighted by atomic mass is 10.1. The van der Waals surface area contributed by atoms with Crippen LogP contribution in [0.25, 0.3) is 0 Å². The molecule has 0 aliphatic carbocycles. The Morgan fingerprint density at radius 3 is 2.50 bits per heavy atom. The van der Waals surface area contributed by atoms with Crippen molar-refractivity contribution in [2.75, 3.05) is 41.8 Å². The zero-order chi connectivity index (χ0) is 18.2. The van der Waals surface area contributed by atoms with Crippen LogP contribution in [-0.4, -0.2) is 32.1 Å². The molecule has 0 atom stereocenters. The minimum atomic E-state index is -0.0815. The molecule has 26 heavy (non-hydrogen) atoms. The highest BCUT2D eigenvalue weighted by Crippen LogP contribution is 2.24. The van der Waals surface area contributed by atoms with Crippen molar-refractivity contribution < 1.29 is 9.53 Å². The summed E-state index contributed by atoms with van der Waals surface area (Å²) in [6.45, 7) is 4.97. The van der Waals surface area contributed by atoms with Crippen molar-refractivity contribution in [1.29, 1.82) is 0 Å². The van der Waals surface area contributed by atoms with Crippen LogP contribution in [0, 0.1) is 0 Å². The molecule has 0 unspecified atom stereocenters. The molecule has 5 nitrogen and oxygen atoms in total. The van der Waals surface area contributed by atoms with E-state index in [1.165, 1.54) is 24.9 Å². The van der Waals surface area contributed by atoms with E-state index in [1.807, 2.05) is 43.3 Å². The van der Waals surface area contributed by atoms with Gasteiger partial charge in [-0.1, -0.05) is 12.1 Å². The number of hydrogen-bond acceptors (Lipinski definition) is 4. The number of para-hydroxylation sites is 2. The standard InChI is InChI=1S/C21H27N3O2/c1-2-26-20-9-5-4-8-19(20)22-16-21(25)23-17-10-12-18(13-11-17)24-14-6-3-7-15-24/h4-5,8-13,22H,2-3,6-7,14-16H2,1H3,(H,23,25). The number of ether oxygens (including phenoxy) is 1. The molecule has 2 aromatic carbocycles. The van der Waals surface area contributed by atoms with Crippen LogP contribution in [0.5, 0.6) is 5.75 Å². The number of piperidine rings is 1. The number of anilines is 3. The van der Waals surface area contributed by atoms with Crippen LogP contribution in [0.3, 0.4) is 0 Å². The molecule has 1 amide bonds. The summed E-state index contributed by atoms with van der Waals surface area (Å²) in [7, 11) is 0. The molecule has 0 radical (unpaired) electrons. The summed E-state index contributed by atoms with van der Waals surface area (Å²) in [4.78, 5) is 14.6. The van der Waals surface area contributed by atoms with Gasteiger partial charge in [-0.25, -0.2) is 0 Å². The summed E-state index contributed by atoms with van der Waals surface area (Å²) < 4.78 is 5.56. The van der Waals surface area contributed by atoms with Crippen LogP contribution in [-0.2, 0) is 4.79 Å². The SMILES string of the molecule is CCOc1ccccc1NCC(=O)Nc1ccc(N2CCCCC2)cc1. The molecule has 0 saturated carbocycles. The van der Waals surface area contributed by atoms with Crippen LogP contribution in [0.2, 0.25) is 0 Å². The Hall–Kier alpha value is -2.69. The molecule has 0 spiro atoms. The summed E-state index contributed by atoms with van der Waals surface area (Å²) >= 11 is 0. The van der Waals surface area contributed by atoms with Crippen molar-refractivity contribution in [2.45, 2.75) is 26.2 Å². The van der Waals surface area contributed by atoms with Crippen molar-refractivity contribution in [3.05, 3.63) is 48.5 Å². The molecule has 1 heterocycles. The zero-order valence-corrected chi connectivity index (χ0v) is 15.3. The number of hydrogen-bond donors (Lipinski definition) is 2. The summed E-state index contributed by atoms with van der Waals surface area (Å²) in [6, 6.07) is 15.7. The highest BCUT2D eigenvalue weighted by molar-refractivity contribution is 5.94. The number of carbonyl (C=O) groups excluding carboxylic acids is 1. The second kappa shape index (κ2) is 9.13. The van der Waals surface area contributed by atoms with Crippen LogP contribution >= 0.6 is 0 Å². The summed E-state index contributed by atoms with van der Waals surface area (Å²) in [5, 5.41) is 6.07. The van der Waals surface area contributed by atoms with Crippen LogP contribution in [0.4, 0.5) is 17.1 Å². The van der Waals surface area contributed by atoms with Gasteiger partial charge in [0.05, 0.1) is 18.8 Å². The lowest BCUT2D eigenvalue weighted by Crippen LogP contribution is -2.29. The molecule has 0 bridgehead atoms. The normalized spacial score (nSPS) is 14.0. The number of nitrogens with zero attached hydrogens (tertiary/aromatic N) is 1. The molecule has 138 valence electrons. The first kappa shape index (κ1) is 18.1. The first-order valence-corrected chi connectivity index (χ1v) is 9.37. The van der Waals surface area contributed by atoms with Crippen molar-refractivity contribution in [1.82, 2.24) is 0 Å². The Morgan fingerprint density at radius 2 is 1.77 bits per heavy atom. The van der Waals surface area contributed by atoms with Gasteiger partial charge in [0.1, 0.15) is 5.75 Å². The minimum absolute atomic E-state index is 0.0815. The molecular weight excluding hydrogens is 326 g/mol. The molecule has 1 fully saturated rings. The van der Waals surface area contributed by atoms with Crippen molar-refractivity contribution in [3.8, 4) is 5.75 Å². The Balaban J connectivity index is 1.52. The third-order valence-electron chi connectivity index (χ3n) is 4.50. The average molecular weight is 353 g/mol. The predicted octanol–water partition coefficient (Wildman–Crippen LogP) is 4.13. The summed E-state index contributed by atoms with van der Waals surface area (Å²) in [5.41, 5.74) is 2.87. The maximum atomic E-state index is 12.2. The molecule has 3 rings (SSSR count). The topological polar surface area (TPSA) is 53.6 Å². The number of carbonyl (C=O) groups is 1. The van der Waals surface area contributed by atoms with Gasteiger partial charge in [-0.05, 0) is 62.6 Å². The van der Waals surface area contributed by atoms with Crippen LogP contribution in [0.15, 0.2) is 48.5 Å². The Morgan fingerprint density at radius 1 is 1.04 bits per heavy atom. The van der Waals surface area contributed by atoms with Gasteiger partial charge in [-0.15, -0.1) is 0 Å². The maximum Gasteiger partial charge on any atom is 0.243 e. The second-order valence-corrected chi connectivity index (χ2v) is 6.43. The van der Waals surface area contributed by atoms with Gasteiger partial charge in [-0.2, -0.15) is 0 Å². The largest absolute Gasteiger partial charge is 0.492 e. The average Bonchev–Trinajstić information content (AvgIpc) is 2.69. The molecule has 0 aromatic heterocycles. The highest BCUT2D eigenvalue weighted by atomic mass is 16.5. The molecule has 2 N–H and O–H groups in total. The zero-order valence-electron chi connectivity index (χ0n) is 15.3. The fourth-order valence-corrected chi connectivity index (χ4v) is 3.18. The second-order valence-electron chi connectivity index (χ2n) is 6.43. The van der Waals surface area contributed by atoms with E-state index in [4.69, 9.17) is 4.74 Å². The fourth-order valence-electron chi connectivity index (χ4n) is 3.18. The third-order valence-corrected chi connectivity index (χ3v) is 4.50. The number of rotatable bonds is 7. The van der Waals surface area contributed by atoms with E-state index < -0.39 is 0 Å². The predicted molar refractivity (Wildman–Crippen MR) is 107 cm³/mol. The van der Waals surface area contributed by atoms with Crippen molar-refractivity contribution in [2.24, 2.45) is 0 Å². The Kier molecular flexibility index (Phi) is 6.36. The molecule has 1 aliphatic heterocycles. The number of amides is 1. The summed E-state index contributed by atoms with van der Waals surface area (Å²) in [5.74, 6) is 0.677. The van der Waals surface area contributed by atoms with E-state index in [2.05, 4.69) is 27.7 Å². The van der Waals surface area contributed by atoms with Gasteiger partial charge in [0.2, 0.25) is 5.91 Å². The Labute approximate surface area is 155 Å². The number of nitrogens with one attached hydrogen (secondary N) is 2. The molecule has 1 aliphatic rings. The number of benzene rings is 2. The quantitative estimate of drug-likeness (QED) is 0.786. The summed E-state index contributed by atoms with van der Waals surface area (Å²) in [6.07, 6.45) is 3.84. The first-order chi connectivity index (χ1) is 12.8. The van der Waals surface area contributed by atoms with Crippen LogP contribution < -0.4 is 20.3 Å². The lowest BCUT2D eigenvalue weighted by molar-refractivity contribution is -0.114. The van der Waals surface area contributed by atoms with Crippen molar-refractivity contribution >= 4 is 23.0 Å². The maximum absolute atomic E-state index is 12.2. The van der Waals surface area contributed by atoms with E-state index >= 15 is 0 Å². The van der Waals surface area contributed by atoms with Crippen LogP contribution in [0.1, 0.15) is 26.2 Å². The van der Waals surface area contributed by atoms with Gasteiger partial charge in [-0.3, -0.25) is 4.79 Å². The van der Waals surface area contributed by atoms with Gasteiger partial charge in [0, 0.05) is 24.5 Å². The lowest BCUT2D eigenvalue weighted by Gasteiger charge is -2.28. The molecule has 5 heteroatoms. The van der Waals surface area contributed by atoms with E-state index in [-0.39, 0.29) is 12.5 Å². The smallest absolute Gasteiger partial charge is 0.243 e. The fraction of sp³-hybridized carbons (Fsp3) is 0.381. The van der Waals surface area contributed by atoms with Crippen molar-refractivity contribution in [3.63, 3.8) is 0 Å². The first-order valence-electron chi connectivity index (χ1n) is 9.37. The third kappa shape index (κ3) is 4.91. The molecular formula is C21H27N3O2. The van der Waals surface area contributed by atoms with Gasteiger partial charge >= 0.3 is 0 Å². The molecule has 2 aromatic rings. The van der Waals surface area contributed by atoms with E-state index in [1.54, 1.807) is 0 Å². The molecule has 1 saturated heterocycles. The minimum Gasteiger partial charge on any atom is -0.492 e. The Bertz CT molecular complexity index is 709. The highest BCUT2D eigenvalue weighted by Gasteiger charge is 2.11. The monoisotopic (exact) mass is 353 g/mol. The van der Waals surface area contributed by atoms with Gasteiger partial charge in [0.15, 0.2) is 0 Å². The van der Waals surface area contributed by atoms with E-state index in [0.29, 0.717) is 6.61 Å². The van der Waals surface area contributed by atoms with Gasteiger partial charge < -0.3 is 20.3 Å². The van der Waals surface area contributed by atoms with E-state index in [0.717, 1.165) is 30.2 Å². The van der Waals surface area contributed by atoms with E-state index in [9.17, 15) is 4.79 Å². The van der Waals surface area contributed by atoms with Gasteiger partial charge in [0.25, 0.3) is 0 Å².